The predicted molar refractivity (Wildman–Crippen MR) is 67.9 cm³/mol. The van der Waals surface area contributed by atoms with Crippen LogP contribution in [0.5, 0.6) is 0 Å². The first-order chi connectivity index (χ1) is 7.86. The van der Waals surface area contributed by atoms with E-state index in [4.69, 9.17) is 11.6 Å². The summed E-state index contributed by atoms with van der Waals surface area (Å²) in [4.78, 5) is 0. The Morgan fingerprint density at radius 1 is 0.812 bits per heavy atom. The van der Waals surface area contributed by atoms with Crippen molar-refractivity contribution in [3.8, 4) is 0 Å². The maximum Gasteiger partial charge on any atom is 0.0597 e. The molecule has 2 aromatic rings. The fourth-order valence-electron chi connectivity index (χ4n) is 2.58. The van der Waals surface area contributed by atoms with E-state index in [1.54, 1.807) is 0 Å². The molecule has 0 saturated heterocycles. The molecule has 3 rings (SSSR count). The maximum absolute atomic E-state index is 6.39. The third-order valence-electron chi connectivity index (χ3n) is 3.35. The number of hydrogen-bond acceptors (Lipinski definition) is 0. The van der Waals surface area contributed by atoms with Gasteiger partial charge in [-0.15, -0.1) is 11.6 Å². The van der Waals surface area contributed by atoms with E-state index in [1.165, 1.54) is 16.7 Å². The maximum atomic E-state index is 6.39. The number of alkyl halides is 1. The second kappa shape index (κ2) is 3.95. The predicted octanol–water partition coefficient (Wildman–Crippen LogP) is 4.50. The molecule has 0 saturated carbocycles. The van der Waals surface area contributed by atoms with E-state index in [2.05, 4.69) is 54.6 Å². The number of rotatable bonds is 1. The lowest BCUT2D eigenvalue weighted by molar-refractivity contribution is 0.771. The molecule has 0 fully saturated rings. The lowest BCUT2D eigenvalue weighted by Gasteiger charge is -2.11. The summed E-state index contributed by atoms with van der Waals surface area (Å²) in [6, 6.07) is 19.2. The van der Waals surface area contributed by atoms with Crippen molar-refractivity contribution in [1.82, 2.24) is 0 Å². The fraction of sp³-hybridized carbons (Fsp3) is 0.200. The van der Waals surface area contributed by atoms with E-state index in [0.717, 1.165) is 6.42 Å². The number of benzene rings is 2. The minimum Gasteiger partial charge on any atom is -0.118 e. The van der Waals surface area contributed by atoms with Gasteiger partial charge in [0.1, 0.15) is 0 Å². The average Bonchev–Trinajstić information content (AvgIpc) is 2.69. The summed E-state index contributed by atoms with van der Waals surface area (Å²) in [5, 5.41) is 0.168. The van der Waals surface area contributed by atoms with Crippen molar-refractivity contribution in [3.05, 3.63) is 71.3 Å². The molecule has 1 aliphatic rings. The van der Waals surface area contributed by atoms with Crippen molar-refractivity contribution in [1.29, 1.82) is 0 Å². The van der Waals surface area contributed by atoms with E-state index in [9.17, 15) is 0 Å². The van der Waals surface area contributed by atoms with Gasteiger partial charge in [-0.3, -0.25) is 0 Å². The average molecular weight is 229 g/mol. The lowest BCUT2D eigenvalue weighted by Crippen LogP contribution is -1.95. The van der Waals surface area contributed by atoms with Crippen molar-refractivity contribution in [3.63, 3.8) is 0 Å². The topological polar surface area (TPSA) is 0 Å². The zero-order valence-corrected chi connectivity index (χ0v) is 9.69. The molecule has 0 heterocycles. The molecule has 2 aromatic carbocycles. The van der Waals surface area contributed by atoms with Gasteiger partial charge < -0.3 is 0 Å². The Morgan fingerprint density at radius 2 is 1.44 bits per heavy atom. The van der Waals surface area contributed by atoms with Crippen molar-refractivity contribution < 1.29 is 0 Å². The molecule has 1 heteroatoms. The number of fused-ring (bicyclic) bond motifs is 1. The van der Waals surface area contributed by atoms with Gasteiger partial charge in [0.15, 0.2) is 0 Å². The van der Waals surface area contributed by atoms with Gasteiger partial charge in [0.05, 0.1) is 5.38 Å². The molecular weight excluding hydrogens is 216 g/mol. The second-order valence-electron chi connectivity index (χ2n) is 4.30. The minimum absolute atomic E-state index is 0.168. The molecule has 0 spiro atoms. The van der Waals surface area contributed by atoms with E-state index >= 15 is 0 Å². The quantitative estimate of drug-likeness (QED) is 0.631. The summed E-state index contributed by atoms with van der Waals surface area (Å²) in [5.41, 5.74) is 4.07. The van der Waals surface area contributed by atoms with Crippen LogP contribution in [-0.2, 0) is 0 Å². The van der Waals surface area contributed by atoms with E-state index < -0.39 is 0 Å². The van der Waals surface area contributed by atoms with Crippen molar-refractivity contribution >= 4 is 11.6 Å². The van der Waals surface area contributed by atoms with Crippen LogP contribution in [0.2, 0.25) is 0 Å². The molecule has 0 radical (unpaired) electrons. The molecule has 0 amide bonds. The van der Waals surface area contributed by atoms with Crippen LogP contribution in [-0.4, -0.2) is 0 Å². The normalized spacial score (nSPS) is 23.1. The molecule has 0 nitrogen and oxygen atoms in total. The highest BCUT2D eigenvalue weighted by Gasteiger charge is 2.29. The molecule has 0 aromatic heterocycles. The van der Waals surface area contributed by atoms with Crippen LogP contribution in [0.4, 0.5) is 0 Å². The van der Waals surface area contributed by atoms with Crippen LogP contribution >= 0.6 is 11.6 Å². The lowest BCUT2D eigenvalue weighted by atomic mass is 9.93. The molecule has 16 heavy (non-hydrogen) atoms. The van der Waals surface area contributed by atoms with Gasteiger partial charge in [-0.25, -0.2) is 0 Å². The van der Waals surface area contributed by atoms with Crippen molar-refractivity contribution in [2.24, 2.45) is 0 Å². The van der Waals surface area contributed by atoms with Gasteiger partial charge in [-0.1, -0.05) is 54.6 Å². The highest BCUT2D eigenvalue weighted by atomic mass is 35.5. The standard InChI is InChI=1S/C15H13Cl/c16-15-10-14(11-6-2-1-3-7-11)12-8-4-5-9-13(12)15/h1-9,14-15H,10H2. The third kappa shape index (κ3) is 1.54. The molecule has 0 aliphatic heterocycles. The first-order valence-electron chi connectivity index (χ1n) is 5.64. The van der Waals surface area contributed by atoms with Gasteiger partial charge in [-0.2, -0.15) is 0 Å². The second-order valence-corrected chi connectivity index (χ2v) is 4.82. The van der Waals surface area contributed by atoms with Gasteiger partial charge in [0, 0.05) is 5.92 Å². The zero-order chi connectivity index (χ0) is 11.0. The Bertz CT molecular complexity index is 490. The summed E-state index contributed by atoms with van der Waals surface area (Å²) < 4.78 is 0. The number of halogens is 1. The fourth-order valence-corrected chi connectivity index (χ4v) is 2.95. The molecule has 0 N–H and O–H groups in total. The SMILES string of the molecule is ClC1CC(c2ccccc2)c2ccccc21. The largest absolute Gasteiger partial charge is 0.118 e. The van der Waals surface area contributed by atoms with Gasteiger partial charge >= 0.3 is 0 Å². The van der Waals surface area contributed by atoms with Crippen LogP contribution in [0.3, 0.4) is 0 Å². The Morgan fingerprint density at radius 3 is 2.19 bits per heavy atom. The van der Waals surface area contributed by atoms with Crippen LogP contribution in [0.1, 0.15) is 34.4 Å². The van der Waals surface area contributed by atoms with Crippen LogP contribution in [0, 0.1) is 0 Å². The number of hydrogen-bond donors (Lipinski definition) is 0. The van der Waals surface area contributed by atoms with Crippen LogP contribution in [0.15, 0.2) is 54.6 Å². The Labute approximate surface area is 101 Å². The van der Waals surface area contributed by atoms with Gasteiger partial charge in [0.2, 0.25) is 0 Å². The minimum atomic E-state index is 0.168. The molecule has 80 valence electrons. The van der Waals surface area contributed by atoms with E-state index in [1.807, 2.05) is 0 Å². The summed E-state index contributed by atoms with van der Waals surface area (Å²) in [7, 11) is 0. The third-order valence-corrected chi connectivity index (χ3v) is 3.77. The molecule has 2 atom stereocenters. The molecule has 1 aliphatic carbocycles. The molecule has 0 bridgehead atoms. The first kappa shape index (κ1) is 9.92. The summed E-state index contributed by atoms with van der Waals surface area (Å²) in [6.07, 6.45) is 1.02. The molecular formula is C15H13Cl. The van der Waals surface area contributed by atoms with Crippen molar-refractivity contribution in [2.75, 3.05) is 0 Å². The molecule has 2 unspecified atom stereocenters. The van der Waals surface area contributed by atoms with Crippen LogP contribution < -0.4 is 0 Å². The van der Waals surface area contributed by atoms with Gasteiger partial charge in [-0.05, 0) is 23.1 Å². The Balaban J connectivity index is 2.07. The van der Waals surface area contributed by atoms with Gasteiger partial charge in [0.25, 0.3) is 0 Å². The summed E-state index contributed by atoms with van der Waals surface area (Å²) >= 11 is 6.39. The zero-order valence-electron chi connectivity index (χ0n) is 8.94. The van der Waals surface area contributed by atoms with Crippen LogP contribution in [0.25, 0.3) is 0 Å². The van der Waals surface area contributed by atoms with E-state index in [0.29, 0.717) is 5.92 Å². The Hall–Kier alpha value is -1.27. The Kier molecular flexibility index (Phi) is 2.45. The highest BCUT2D eigenvalue weighted by molar-refractivity contribution is 6.21. The summed E-state index contributed by atoms with van der Waals surface area (Å²) in [6.45, 7) is 0. The summed E-state index contributed by atoms with van der Waals surface area (Å²) in [5.74, 6) is 0.472. The first-order valence-corrected chi connectivity index (χ1v) is 6.08. The van der Waals surface area contributed by atoms with Crippen molar-refractivity contribution in [2.45, 2.75) is 17.7 Å². The van der Waals surface area contributed by atoms with E-state index in [-0.39, 0.29) is 5.38 Å². The monoisotopic (exact) mass is 228 g/mol. The smallest absolute Gasteiger partial charge is 0.0597 e. The highest BCUT2D eigenvalue weighted by Crippen LogP contribution is 2.46.